The Morgan fingerprint density at radius 3 is 2.85 bits per heavy atom. The zero-order valence-corrected chi connectivity index (χ0v) is 15.9. The van der Waals surface area contributed by atoms with E-state index < -0.39 is 7.75 Å². The monoisotopic (exact) mass is 374 g/mol. The molecule has 0 fully saturated rings. The van der Waals surface area contributed by atoms with Crippen LogP contribution in [0.3, 0.4) is 0 Å². The van der Waals surface area contributed by atoms with Crippen molar-refractivity contribution in [3.8, 4) is 0 Å². The molecule has 7 heteroatoms. The molecule has 6 nitrogen and oxygen atoms in total. The second-order valence-electron chi connectivity index (χ2n) is 6.09. The molecule has 1 unspecified atom stereocenters. The van der Waals surface area contributed by atoms with Crippen molar-refractivity contribution >= 4 is 30.5 Å². The number of nitrogens with zero attached hydrogens (tertiary/aromatic N) is 1. The second kappa shape index (κ2) is 8.12. The summed E-state index contributed by atoms with van der Waals surface area (Å²) in [6.07, 6.45) is 3.54. The number of ketones is 1. The largest absolute Gasteiger partial charge is 0.458 e. The van der Waals surface area contributed by atoms with E-state index in [9.17, 15) is 9.36 Å². The van der Waals surface area contributed by atoms with Crippen LogP contribution in [0.2, 0.25) is 0 Å². The minimum Gasteiger partial charge on any atom is -0.417 e. The Kier molecular flexibility index (Phi) is 5.87. The maximum Gasteiger partial charge on any atom is 0.458 e. The summed E-state index contributed by atoms with van der Waals surface area (Å²) in [5.74, 6) is 0.207. The molecule has 0 bridgehead atoms. The summed E-state index contributed by atoms with van der Waals surface area (Å²) in [6, 6.07) is 9.46. The number of benzene rings is 1. The maximum atomic E-state index is 12.9. The Labute approximate surface area is 153 Å². The predicted octanol–water partition coefficient (Wildman–Crippen LogP) is 4.71. The van der Waals surface area contributed by atoms with Crippen LogP contribution in [0.1, 0.15) is 49.2 Å². The Morgan fingerprint density at radius 1 is 1.27 bits per heavy atom. The Bertz CT molecular complexity index is 894. The standard InChI is InChI=1S/C19H23N2O4P/c1-3-5-10-20-26(23,24-4-2)25-15-12-18-16(19(22)13-15)11-14-8-6-7-9-17(14)21-18/h6-9,11-12H,3-5,10,13H2,1-2H3,(H,20,23). The maximum absolute atomic E-state index is 12.9. The number of aromatic nitrogens is 1. The van der Waals surface area contributed by atoms with Crippen LogP contribution < -0.4 is 5.09 Å². The fourth-order valence-electron chi connectivity index (χ4n) is 2.80. The fourth-order valence-corrected chi connectivity index (χ4v) is 4.21. The van der Waals surface area contributed by atoms with Gasteiger partial charge in [0.25, 0.3) is 0 Å². The van der Waals surface area contributed by atoms with Crippen molar-refractivity contribution in [3.63, 3.8) is 0 Å². The topological polar surface area (TPSA) is 77.5 Å². The molecule has 1 atom stereocenters. The summed E-state index contributed by atoms with van der Waals surface area (Å²) < 4.78 is 23.8. The lowest BCUT2D eigenvalue weighted by molar-refractivity contribution is 0.0977. The molecule has 3 rings (SSSR count). The lowest BCUT2D eigenvalue weighted by Gasteiger charge is -2.22. The highest BCUT2D eigenvalue weighted by Gasteiger charge is 2.30. The number of pyridine rings is 1. The van der Waals surface area contributed by atoms with Crippen molar-refractivity contribution < 1.29 is 18.4 Å². The van der Waals surface area contributed by atoms with Gasteiger partial charge in [-0.05, 0) is 25.5 Å². The average molecular weight is 374 g/mol. The number of allylic oxidation sites excluding steroid dienone is 1. The summed E-state index contributed by atoms with van der Waals surface area (Å²) >= 11 is 0. The summed E-state index contributed by atoms with van der Waals surface area (Å²) in [6.45, 7) is 4.57. The number of para-hydroxylation sites is 1. The van der Waals surface area contributed by atoms with E-state index in [2.05, 4.69) is 10.1 Å². The lowest BCUT2D eigenvalue weighted by Crippen LogP contribution is -2.18. The number of fused-ring (bicyclic) bond motifs is 2. The molecule has 0 spiro atoms. The normalized spacial score (nSPS) is 16.1. The Morgan fingerprint density at radius 2 is 2.08 bits per heavy atom. The van der Waals surface area contributed by atoms with Gasteiger partial charge in [0.1, 0.15) is 5.76 Å². The van der Waals surface area contributed by atoms with Gasteiger partial charge in [-0.1, -0.05) is 31.5 Å². The first-order chi connectivity index (χ1) is 12.5. The highest BCUT2D eigenvalue weighted by Crippen LogP contribution is 2.47. The van der Waals surface area contributed by atoms with Gasteiger partial charge in [-0.2, -0.15) is 0 Å². The van der Waals surface area contributed by atoms with Crippen LogP contribution in [0.4, 0.5) is 0 Å². The van der Waals surface area contributed by atoms with Gasteiger partial charge >= 0.3 is 7.75 Å². The van der Waals surface area contributed by atoms with Gasteiger partial charge in [-0.15, -0.1) is 0 Å². The van der Waals surface area contributed by atoms with Crippen LogP contribution in [-0.2, 0) is 13.6 Å². The summed E-state index contributed by atoms with van der Waals surface area (Å²) in [5, 5.41) is 3.77. The van der Waals surface area contributed by atoms with Crippen LogP contribution in [0.15, 0.2) is 36.1 Å². The molecule has 1 aromatic carbocycles. The number of unbranched alkanes of at least 4 members (excludes halogenated alkanes) is 1. The molecule has 0 radical (unpaired) electrons. The van der Waals surface area contributed by atoms with Crippen molar-refractivity contribution in [3.05, 3.63) is 47.3 Å². The first-order valence-corrected chi connectivity index (χ1v) is 10.4. The summed E-state index contributed by atoms with van der Waals surface area (Å²) in [5.41, 5.74) is 1.89. The van der Waals surface area contributed by atoms with Gasteiger partial charge in [-0.25, -0.2) is 14.6 Å². The van der Waals surface area contributed by atoms with Gasteiger partial charge in [0.2, 0.25) is 0 Å². The molecule has 0 amide bonds. The Hall–Kier alpha value is -2.01. The van der Waals surface area contributed by atoms with E-state index in [1.165, 1.54) is 0 Å². The third-order valence-electron chi connectivity index (χ3n) is 4.06. The summed E-state index contributed by atoms with van der Waals surface area (Å²) in [4.78, 5) is 17.1. The van der Waals surface area contributed by atoms with Crippen LogP contribution in [0.5, 0.6) is 0 Å². The Balaban J connectivity index is 1.89. The minimum absolute atomic E-state index is 0.0412. The number of carbonyl (C=O) groups excluding carboxylic acids is 1. The van der Waals surface area contributed by atoms with Crippen LogP contribution in [0, 0.1) is 0 Å². The van der Waals surface area contributed by atoms with E-state index in [-0.39, 0.29) is 18.8 Å². The second-order valence-corrected chi connectivity index (χ2v) is 7.84. The molecule has 1 heterocycles. The van der Waals surface area contributed by atoms with E-state index in [0.717, 1.165) is 23.7 Å². The molecule has 0 saturated carbocycles. The van der Waals surface area contributed by atoms with Crippen molar-refractivity contribution in [2.45, 2.75) is 33.1 Å². The first kappa shape index (κ1) is 18.8. The van der Waals surface area contributed by atoms with Crippen molar-refractivity contribution in [2.75, 3.05) is 13.2 Å². The van der Waals surface area contributed by atoms with E-state index >= 15 is 0 Å². The number of rotatable bonds is 8. The van der Waals surface area contributed by atoms with Crippen molar-refractivity contribution in [1.82, 2.24) is 10.1 Å². The number of hydrogen-bond acceptors (Lipinski definition) is 5. The SMILES string of the molecule is CCCCNP(=O)(OCC)OC1=Cc2nc3ccccc3cc2C(=O)C1. The predicted molar refractivity (Wildman–Crippen MR) is 102 cm³/mol. The van der Waals surface area contributed by atoms with Crippen LogP contribution >= 0.6 is 7.75 Å². The molecule has 138 valence electrons. The molecule has 1 aliphatic carbocycles. The molecular formula is C19H23N2O4P. The fraction of sp³-hybridized carbons (Fsp3) is 0.368. The minimum atomic E-state index is -3.50. The molecule has 1 aromatic heterocycles. The smallest absolute Gasteiger partial charge is 0.417 e. The van der Waals surface area contributed by atoms with E-state index in [0.29, 0.717) is 23.6 Å². The summed E-state index contributed by atoms with van der Waals surface area (Å²) in [7, 11) is -3.50. The highest BCUT2D eigenvalue weighted by atomic mass is 31.2. The van der Waals surface area contributed by atoms with Gasteiger partial charge in [0.15, 0.2) is 5.78 Å². The molecule has 1 N–H and O–H groups in total. The zero-order chi connectivity index (χ0) is 18.6. The van der Waals surface area contributed by atoms with E-state index in [1.54, 1.807) is 13.0 Å². The molecular weight excluding hydrogens is 351 g/mol. The number of nitrogens with one attached hydrogen (secondary N) is 1. The highest BCUT2D eigenvalue weighted by molar-refractivity contribution is 7.51. The third kappa shape index (κ3) is 4.21. The van der Waals surface area contributed by atoms with Crippen LogP contribution in [-0.4, -0.2) is 23.9 Å². The molecule has 0 aliphatic heterocycles. The third-order valence-corrected chi connectivity index (χ3v) is 5.74. The van der Waals surface area contributed by atoms with Crippen molar-refractivity contribution in [2.24, 2.45) is 0 Å². The lowest BCUT2D eigenvalue weighted by atomic mass is 9.98. The number of Topliss-reactive ketones (excluding diaryl/α,β-unsaturated/α-hetero) is 1. The molecule has 2 aromatic rings. The van der Waals surface area contributed by atoms with Crippen molar-refractivity contribution in [1.29, 1.82) is 0 Å². The van der Waals surface area contributed by atoms with E-state index in [1.807, 2.05) is 37.3 Å². The molecule has 0 saturated heterocycles. The van der Waals surface area contributed by atoms with Gasteiger partial charge in [0.05, 0.1) is 24.2 Å². The molecule has 1 aliphatic rings. The van der Waals surface area contributed by atoms with Gasteiger partial charge in [-0.3, -0.25) is 9.32 Å². The average Bonchev–Trinajstić information content (AvgIpc) is 2.61. The van der Waals surface area contributed by atoms with Gasteiger partial charge in [0, 0.05) is 23.6 Å². The van der Waals surface area contributed by atoms with Gasteiger partial charge < -0.3 is 4.52 Å². The quantitative estimate of drug-likeness (QED) is 0.532. The zero-order valence-electron chi connectivity index (χ0n) is 15.0. The molecule has 26 heavy (non-hydrogen) atoms. The number of carbonyl (C=O) groups is 1. The van der Waals surface area contributed by atoms with E-state index in [4.69, 9.17) is 9.05 Å². The first-order valence-electron chi connectivity index (χ1n) is 8.87. The number of hydrogen-bond donors (Lipinski definition) is 1. The van der Waals surface area contributed by atoms with Crippen LogP contribution in [0.25, 0.3) is 17.0 Å².